The van der Waals surface area contributed by atoms with Crippen molar-refractivity contribution in [2.75, 3.05) is 11.4 Å². The Balaban J connectivity index is 1.93. The minimum absolute atomic E-state index is 0.108. The third-order valence-electron chi connectivity index (χ3n) is 4.95. The fourth-order valence-corrected chi connectivity index (χ4v) is 3.87. The van der Waals surface area contributed by atoms with Crippen LogP contribution in [0.15, 0.2) is 12.1 Å². The summed E-state index contributed by atoms with van der Waals surface area (Å²) in [4.78, 5) is 7.40. The Morgan fingerprint density at radius 2 is 2.05 bits per heavy atom. The van der Waals surface area contributed by atoms with E-state index in [1.807, 2.05) is 6.07 Å². The van der Waals surface area contributed by atoms with Crippen LogP contribution < -0.4 is 4.90 Å². The van der Waals surface area contributed by atoms with Gasteiger partial charge in [-0.15, -0.1) is 0 Å². The molecule has 1 N–H and O–H groups in total. The van der Waals surface area contributed by atoms with Gasteiger partial charge in [-0.3, -0.25) is 0 Å². The van der Waals surface area contributed by atoms with Gasteiger partial charge < -0.3 is 10.0 Å². The summed E-state index contributed by atoms with van der Waals surface area (Å²) in [5.41, 5.74) is 2.10. The molecular formula is C17H26N2O. The highest BCUT2D eigenvalue weighted by Gasteiger charge is 2.35. The minimum Gasteiger partial charge on any atom is -0.392 e. The molecule has 1 aromatic heterocycles. The van der Waals surface area contributed by atoms with E-state index in [0.29, 0.717) is 12.0 Å². The summed E-state index contributed by atoms with van der Waals surface area (Å²) in [6.45, 7) is 5.57. The Bertz CT molecular complexity index is 472. The van der Waals surface area contributed by atoms with E-state index in [-0.39, 0.29) is 6.61 Å². The van der Waals surface area contributed by atoms with Gasteiger partial charge >= 0.3 is 0 Å². The Kier molecular flexibility index (Phi) is 3.97. The Morgan fingerprint density at radius 3 is 2.80 bits per heavy atom. The van der Waals surface area contributed by atoms with E-state index in [2.05, 4.69) is 24.8 Å². The van der Waals surface area contributed by atoms with Crippen LogP contribution in [0.1, 0.15) is 63.1 Å². The van der Waals surface area contributed by atoms with Crippen LogP contribution in [0, 0.1) is 5.92 Å². The normalized spacial score (nSPS) is 26.1. The zero-order valence-corrected chi connectivity index (χ0v) is 12.7. The third-order valence-corrected chi connectivity index (χ3v) is 4.95. The molecule has 1 saturated carbocycles. The molecule has 0 spiro atoms. The zero-order chi connectivity index (χ0) is 14.1. The summed E-state index contributed by atoms with van der Waals surface area (Å²) in [7, 11) is 0. The van der Waals surface area contributed by atoms with Gasteiger partial charge in [-0.2, -0.15) is 0 Å². The standard InChI is InChI=1S/C17H26N2O/c1-12(2)15-9-13(11-20)10-17(18-15)19-8-4-6-14-5-3-7-16(14)19/h9-10,12,14,16,20H,3-8,11H2,1-2H3. The van der Waals surface area contributed by atoms with Gasteiger partial charge in [-0.1, -0.05) is 20.3 Å². The fraction of sp³-hybridized carbons (Fsp3) is 0.706. The number of aliphatic hydroxyl groups excluding tert-OH is 1. The summed E-state index contributed by atoms with van der Waals surface area (Å²) in [6.07, 6.45) is 6.73. The zero-order valence-electron chi connectivity index (χ0n) is 12.7. The number of rotatable bonds is 3. The predicted molar refractivity (Wildman–Crippen MR) is 82.0 cm³/mol. The average molecular weight is 274 g/mol. The summed E-state index contributed by atoms with van der Waals surface area (Å²) in [6, 6.07) is 4.82. The molecule has 110 valence electrons. The molecule has 1 saturated heterocycles. The first-order valence-corrected chi connectivity index (χ1v) is 8.07. The number of hydrogen-bond acceptors (Lipinski definition) is 3. The Labute approximate surface area is 122 Å². The molecule has 0 bridgehead atoms. The molecule has 3 heteroatoms. The van der Waals surface area contributed by atoms with Gasteiger partial charge in [0.05, 0.1) is 6.61 Å². The molecule has 3 nitrogen and oxygen atoms in total. The van der Waals surface area contributed by atoms with Gasteiger partial charge in [0.1, 0.15) is 5.82 Å². The van der Waals surface area contributed by atoms with Gasteiger partial charge in [0.2, 0.25) is 0 Å². The average Bonchev–Trinajstić information content (AvgIpc) is 2.94. The van der Waals surface area contributed by atoms with Crippen molar-refractivity contribution in [3.8, 4) is 0 Å². The van der Waals surface area contributed by atoms with E-state index >= 15 is 0 Å². The van der Waals surface area contributed by atoms with Gasteiger partial charge in [-0.05, 0) is 55.2 Å². The summed E-state index contributed by atoms with van der Waals surface area (Å²) in [5.74, 6) is 2.37. The topological polar surface area (TPSA) is 36.4 Å². The molecule has 0 radical (unpaired) electrons. The maximum absolute atomic E-state index is 9.51. The van der Waals surface area contributed by atoms with Crippen molar-refractivity contribution in [1.29, 1.82) is 0 Å². The van der Waals surface area contributed by atoms with Gasteiger partial charge in [0.15, 0.2) is 0 Å². The minimum atomic E-state index is 0.108. The van der Waals surface area contributed by atoms with Crippen molar-refractivity contribution in [1.82, 2.24) is 4.98 Å². The molecule has 0 amide bonds. The molecule has 2 aliphatic rings. The number of anilines is 1. The lowest BCUT2D eigenvalue weighted by Crippen LogP contribution is -2.43. The van der Waals surface area contributed by atoms with Crippen LogP contribution in [0.5, 0.6) is 0 Å². The molecular weight excluding hydrogens is 248 g/mol. The SMILES string of the molecule is CC(C)c1cc(CO)cc(N2CCCC3CCCC32)n1. The second kappa shape index (κ2) is 5.72. The van der Waals surface area contributed by atoms with Crippen LogP contribution in [0.3, 0.4) is 0 Å². The molecule has 2 fully saturated rings. The van der Waals surface area contributed by atoms with Gasteiger partial charge in [-0.25, -0.2) is 4.98 Å². The fourth-order valence-electron chi connectivity index (χ4n) is 3.87. The summed E-state index contributed by atoms with van der Waals surface area (Å²) < 4.78 is 0. The first kappa shape index (κ1) is 13.9. The van der Waals surface area contributed by atoms with Gasteiger partial charge in [0.25, 0.3) is 0 Å². The first-order valence-electron chi connectivity index (χ1n) is 8.07. The van der Waals surface area contributed by atoms with Crippen molar-refractivity contribution < 1.29 is 5.11 Å². The van der Waals surface area contributed by atoms with E-state index in [4.69, 9.17) is 4.98 Å². The predicted octanol–water partition coefficient (Wildman–Crippen LogP) is 3.47. The number of aliphatic hydroxyl groups is 1. The molecule has 3 rings (SSSR count). The van der Waals surface area contributed by atoms with Crippen molar-refractivity contribution in [3.05, 3.63) is 23.4 Å². The highest BCUT2D eigenvalue weighted by Crippen LogP contribution is 2.39. The molecule has 20 heavy (non-hydrogen) atoms. The van der Waals surface area contributed by atoms with E-state index in [0.717, 1.165) is 29.5 Å². The molecule has 2 unspecified atom stereocenters. The van der Waals surface area contributed by atoms with Crippen molar-refractivity contribution in [3.63, 3.8) is 0 Å². The molecule has 2 atom stereocenters. The van der Waals surface area contributed by atoms with Crippen LogP contribution >= 0.6 is 0 Å². The van der Waals surface area contributed by atoms with Crippen LogP contribution in [0.25, 0.3) is 0 Å². The molecule has 1 aliphatic heterocycles. The second-order valence-electron chi connectivity index (χ2n) is 6.67. The number of nitrogens with zero attached hydrogens (tertiary/aromatic N) is 2. The van der Waals surface area contributed by atoms with E-state index in [1.54, 1.807) is 0 Å². The Hall–Kier alpha value is -1.09. The molecule has 1 aromatic rings. The quantitative estimate of drug-likeness (QED) is 0.917. The van der Waals surface area contributed by atoms with Crippen LogP contribution in [0.4, 0.5) is 5.82 Å². The van der Waals surface area contributed by atoms with Crippen LogP contribution in [0.2, 0.25) is 0 Å². The second-order valence-corrected chi connectivity index (χ2v) is 6.67. The first-order chi connectivity index (χ1) is 9.69. The van der Waals surface area contributed by atoms with Gasteiger partial charge in [0, 0.05) is 18.3 Å². The van der Waals surface area contributed by atoms with Crippen LogP contribution in [-0.2, 0) is 6.61 Å². The van der Waals surface area contributed by atoms with E-state index in [9.17, 15) is 5.11 Å². The smallest absolute Gasteiger partial charge is 0.129 e. The number of hydrogen-bond donors (Lipinski definition) is 1. The van der Waals surface area contributed by atoms with Crippen molar-refractivity contribution in [2.45, 2.75) is 64.5 Å². The lowest BCUT2D eigenvalue weighted by molar-refractivity contribution is 0.281. The Morgan fingerprint density at radius 1 is 1.25 bits per heavy atom. The maximum atomic E-state index is 9.51. The maximum Gasteiger partial charge on any atom is 0.129 e. The molecule has 0 aromatic carbocycles. The highest BCUT2D eigenvalue weighted by atomic mass is 16.3. The number of pyridine rings is 1. The molecule has 1 aliphatic carbocycles. The number of fused-ring (bicyclic) bond motifs is 1. The van der Waals surface area contributed by atoms with Crippen molar-refractivity contribution >= 4 is 5.82 Å². The molecule has 2 heterocycles. The number of piperidine rings is 1. The lowest BCUT2D eigenvalue weighted by atomic mass is 9.92. The van der Waals surface area contributed by atoms with E-state index < -0.39 is 0 Å². The summed E-state index contributed by atoms with van der Waals surface area (Å²) >= 11 is 0. The monoisotopic (exact) mass is 274 g/mol. The summed E-state index contributed by atoms with van der Waals surface area (Å²) in [5, 5.41) is 9.51. The lowest BCUT2D eigenvalue weighted by Gasteiger charge is -2.39. The largest absolute Gasteiger partial charge is 0.392 e. The highest BCUT2D eigenvalue weighted by molar-refractivity contribution is 5.45. The van der Waals surface area contributed by atoms with E-state index in [1.165, 1.54) is 32.1 Å². The van der Waals surface area contributed by atoms with Crippen molar-refractivity contribution in [2.24, 2.45) is 5.92 Å². The third kappa shape index (κ3) is 2.56. The van der Waals surface area contributed by atoms with Crippen LogP contribution in [-0.4, -0.2) is 22.7 Å². The number of aromatic nitrogens is 1.